The maximum absolute atomic E-state index is 12.3. The third kappa shape index (κ3) is 4.55. The number of amides is 1. The maximum atomic E-state index is 12.3. The SMILES string of the molecule is CC(C)N(C)S(=O)(=O)N1CCCC1C(=O)NCC(F)(F)F. The third-order valence-electron chi connectivity index (χ3n) is 3.36. The van der Waals surface area contributed by atoms with Crippen LogP contribution in [0.1, 0.15) is 26.7 Å². The fraction of sp³-hybridized carbons (Fsp3) is 0.909. The lowest BCUT2D eigenvalue weighted by atomic mass is 10.2. The highest BCUT2D eigenvalue weighted by atomic mass is 32.2. The summed E-state index contributed by atoms with van der Waals surface area (Å²) in [6.07, 6.45) is -3.86. The van der Waals surface area contributed by atoms with Gasteiger partial charge >= 0.3 is 6.18 Å². The van der Waals surface area contributed by atoms with Gasteiger partial charge < -0.3 is 5.32 Å². The Morgan fingerprint density at radius 2 is 2.00 bits per heavy atom. The molecule has 1 saturated heterocycles. The van der Waals surface area contributed by atoms with Crippen molar-refractivity contribution < 1.29 is 26.4 Å². The largest absolute Gasteiger partial charge is 0.405 e. The highest BCUT2D eigenvalue weighted by Gasteiger charge is 2.42. The quantitative estimate of drug-likeness (QED) is 0.807. The molecule has 10 heteroatoms. The second kappa shape index (κ2) is 6.49. The molecule has 0 radical (unpaired) electrons. The van der Waals surface area contributed by atoms with Crippen molar-refractivity contribution in [3.05, 3.63) is 0 Å². The second-order valence-electron chi connectivity index (χ2n) is 5.22. The zero-order chi connectivity index (χ0) is 16.4. The predicted octanol–water partition coefficient (Wildman–Crippen LogP) is 0.714. The molecule has 0 bridgehead atoms. The number of rotatable bonds is 5. The molecule has 1 aliphatic heterocycles. The summed E-state index contributed by atoms with van der Waals surface area (Å²) in [6, 6.07) is -1.40. The van der Waals surface area contributed by atoms with Crippen LogP contribution in [-0.2, 0) is 15.0 Å². The number of alkyl halides is 3. The first-order valence-corrected chi connectivity index (χ1v) is 7.96. The van der Waals surface area contributed by atoms with Crippen molar-refractivity contribution in [2.75, 3.05) is 20.1 Å². The van der Waals surface area contributed by atoms with Crippen molar-refractivity contribution in [3.8, 4) is 0 Å². The minimum atomic E-state index is -4.52. The van der Waals surface area contributed by atoms with E-state index in [-0.39, 0.29) is 19.0 Å². The lowest BCUT2D eigenvalue weighted by molar-refractivity contribution is -0.140. The Balaban J connectivity index is 2.82. The Labute approximate surface area is 122 Å². The smallest absolute Gasteiger partial charge is 0.346 e. The Bertz CT molecular complexity index is 479. The number of hydrogen-bond donors (Lipinski definition) is 1. The van der Waals surface area contributed by atoms with Crippen molar-refractivity contribution >= 4 is 16.1 Å². The summed E-state index contributed by atoms with van der Waals surface area (Å²) in [7, 11) is -2.48. The summed E-state index contributed by atoms with van der Waals surface area (Å²) in [4.78, 5) is 11.8. The molecule has 1 fully saturated rings. The van der Waals surface area contributed by atoms with E-state index in [0.717, 1.165) is 8.61 Å². The molecule has 6 nitrogen and oxygen atoms in total. The predicted molar refractivity (Wildman–Crippen MR) is 70.6 cm³/mol. The molecule has 0 aromatic rings. The number of carbonyl (C=O) groups is 1. The van der Waals surface area contributed by atoms with Crippen molar-refractivity contribution in [2.24, 2.45) is 0 Å². The Morgan fingerprint density at radius 3 is 2.48 bits per heavy atom. The van der Waals surface area contributed by atoms with Crippen molar-refractivity contribution in [3.63, 3.8) is 0 Å². The minimum absolute atomic E-state index is 0.128. The zero-order valence-corrected chi connectivity index (χ0v) is 13.0. The van der Waals surface area contributed by atoms with E-state index in [9.17, 15) is 26.4 Å². The van der Waals surface area contributed by atoms with Gasteiger partial charge in [-0.2, -0.15) is 30.2 Å². The number of hydrogen-bond acceptors (Lipinski definition) is 3. The lowest BCUT2D eigenvalue weighted by Crippen LogP contribution is -2.52. The number of halogens is 3. The molecule has 124 valence electrons. The maximum Gasteiger partial charge on any atom is 0.405 e. The monoisotopic (exact) mass is 331 g/mol. The third-order valence-corrected chi connectivity index (χ3v) is 5.54. The van der Waals surface area contributed by atoms with Crippen LogP contribution in [0.2, 0.25) is 0 Å². The molecule has 1 aliphatic rings. The minimum Gasteiger partial charge on any atom is -0.346 e. The van der Waals surface area contributed by atoms with Crippen LogP contribution in [0.5, 0.6) is 0 Å². The molecule has 1 unspecified atom stereocenters. The lowest BCUT2D eigenvalue weighted by Gasteiger charge is -2.30. The first kappa shape index (κ1) is 18.2. The highest BCUT2D eigenvalue weighted by molar-refractivity contribution is 7.86. The summed E-state index contributed by atoms with van der Waals surface area (Å²) in [5, 5.41) is 1.75. The Kier molecular flexibility index (Phi) is 5.62. The first-order valence-electron chi connectivity index (χ1n) is 6.56. The van der Waals surface area contributed by atoms with Gasteiger partial charge in [-0.3, -0.25) is 4.79 Å². The van der Waals surface area contributed by atoms with E-state index < -0.39 is 34.9 Å². The summed E-state index contributed by atoms with van der Waals surface area (Å²) >= 11 is 0. The first-order chi connectivity index (χ1) is 9.47. The van der Waals surface area contributed by atoms with Gasteiger partial charge in [-0.05, 0) is 26.7 Å². The van der Waals surface area contributed by atoms with Gasteiger partial charge in [0.05, 0.1) is 0 Å². The highest BCUT2D eigenvalue weighted by Crippen LogP contribution is 2.24. The van der Waals surface area contributed by atoms with Gasteiger partial charge in [0.1, 0.15) is 12.6 Å². The van der Waals surface area contributed by atoms with E-state index >= 15 is 0 Å². The molecule has 1 atom stereocenters. The van der Waals surface area contributed by atoms with Crippen LogP contribution >= 0.6 is 0 Å². The summed E-state index contributed by atoms with van der Waals surface area (Å²) in [5.41, 5.74) is 0. The topological polar surface area (TPSA) is 69.7 Å². The van der Waals surface area contributed by atoms with Crippen LogP contribution in [0.4, 0.5) is 13.2 Å². The summed E-state index contributed by atoms with van der Waals surface area (Å²) in [5.74, 6) is -0.912. The van der Waals surface area contributed by atoms with Crippen molar-refractivity contribution in [1.82, 2.24) is 13.9 Å². The fourth-order valence-corrected chi connectivity index (χ4v) is 3.76. The van der Waals surface area contributed by atoms with Crippen molar-refractivity contribution in [1.29, 1.82) is 0 Å². The van der Waals surface area contributed by atoms with E-state index in [1.807, 2.05) is 0 Å². The molecule has 21 heavy (non-hydrogen) atoms. The van der Waals surface area contributed by atoms with E-state index in [1.54, 1.807) is 19.2 Å². The van der Waals surface area contributed by atoms with Gasteiger partial charge in [-0.1, -0.05) is 0 Å². The normalized spacial score (nSPS) is 21.2. The molecule has 0 aromatic heterocycles. The molecule has 0 aromatic carbocycles. The van der Waals surface area contributed by atoms with Gasteiger partial charge in [0, 0.05) is 19.6 Å². The number of carbonyl (C=O) groups excluding carboxylic acids is 1. The van der Waals surface area contributed by atoms with Crippen LogP contribution in [0.25, 0.3) is 0 Å². The summed E-state index contributed by atoms with van der Waals surface area (Å²) in [6.45, 7) is 2.01. The molecule has 0 saturated carbocycles. The van der Waals surface area contributed by atoms with Gasteiger partial charge in [-0.25, -0.2) is 0 Å². The molecular formula is C11H20F3N3O3S. The molecule has 1 amide bonds. The van der Waals surface area contributed by atoms with E-state index in [2.05, 4.69) is 0 Å². The Morgan fingerprint density at radius 1 is 1.43 bits per heavy atom. The zero-order valence-electron chi connectivity index (χ0n) is 12.1. The van der Waals surface area contributed by atoms with Crippen LogP contribution in [0, 0.1) is 0 Å². The molecule has 1 heterocycles. The van der Waals surface area contributed by atoms with Crippen LogP contribution < -0.4 is 5.32 Å². The molecule has 1 rings (SSSR count). The van der Waals surface area contributed by atoms with E-state index in [4.69, 9.17) is 0 Å². The van der Waals surface area contributed by atoms with Gasteiger partial charge in [0.25, 0.3) is 10.2 Å². The molecule has 0 aliphatic carbocycles. The number of nitrogens with zero attached hydrogens (tertiary/aromatic N) is 2. The van der Waals surface area contributed by atoms with Gasteiger partial charge in [-0.15, -0.1) is 0 Å². The average molecular weight is 331 g/mol. The standard InChI is InChI=1S/C11H20F3N3O3S/c1-8(2)16(3)21(19,20)17-6-4-5-9(17)10(18)15-7-11(12,13)14/h8-9H,4-7H2,1-3H3,(H,15,18). The van der Waals surface area contributed by atoms with Gasteiger partial charge in [0.2, 0.25) is 5.91 Å². The molecular weight excluding hydrogens is 311 g/mol. The van der Waals surface area contributed by atoms with Gasteiger partial charge in [0.15, 0.2) is 0 Å². The fourth-order valence-electron chi connectivity index (χ4n) is 2.02. The summed E-state index contributed by atoms with van der Waals surface area (Å²) < 4.78 is 63.1. The average Bonchev–Trinajstić information content (AvgIpc) is 2.83. The van der Waals surface area contributed by atoms with Crippen molar-refractivity contribution in [2.45, 2.75) is 44.9 Å². The van der Waals surface area contributed by atoms with Crippen LogP contribution in [-0.4, -0.2) is 61.3 Å². The Hall–Kier alpha value is -0.870. The second-order valence-corrected chi connectivity index (χ2v) is 7.16. The molecule has 0 spiro atoms. The molecule has 1 N–H and O–H groups in total. The van der Waals surface area contributed by atoms with E-state index in [0.29, 0.717) is 6.42 Å². The number of nitrogens with one attached hydrogen (secondary N) is 1. The van der Waals surface area contributed by atoms with E-state index in [1.165, 1.54) is 7.05 Å². The van der Waals surface area contributed by atoms with Crippen LogP contribution in [0.15, 0.2) is 0 Å². The van der Waals surface area contributed by atoms with Crippen LogP contribution in [0.3, 0.4) is 0 Å².